The monoisotopic (exact) mass is 260 g/mol. The van der Waals surface area contributed by atoms with Crippen molar-refractivity contribution in [2.45, 2.75) is 6.92 Å². The Kier molecular flexibility index (Phi) is 4.09. The number of aliphatic hydroxyl groups excluding tert-OH is 1. The Bertz CT molecular complexity index is 307. The first-order chi connectivity index (χ1) is 6.70. The molecule has 1 aromatic rings. The Labute approximate surface area is 91.1 Å². The summed E-state index contributed by atoms with van der Waals surface area (Å²) in [5.41, 5.74) is 5.62. The topological polar surface area (TPSA) is 75.3 Å². The van der Waals surface area contributed by atoms with Gasteiger partial charge in [0.1, 0.15) is 22.4 Å². The largest absolute Gasteiger partial charge is 0.395 e. The van der Waals surface area contributed by atoms with Crippen molar-refractivity contribution in [2.24, 2.45) is 0 Å². The molecule has 0 unspecified atom stereocenters. The van der Waals surface area contributed by atoms with Crippen molar-refractivity contribution in [1.82, 2.24) is 9.97 Å². The summed E-state index contributed by atoms with van der Waals surface area (Å²) in [4.78, 5) is 9.87. The average Bonchev–Trinajstić information content (AvgIpc) is 2.19. The molecular weight excluding hydrogens is 248 g/mol. The number of hydrogen-bond donors (Lipinski definition) is 2. The molecule has 78 valence electrons. The molecule has 14 heavy (non-hydrogen) atoms. The van der Waals surface area contributed by atoms with Crippen LogP contribution in [0.2, 0.25) is 0 Å². The van der Waals surface area contributed by atoms with Crippen LogP contribution in [0.3, 0.4) is 0 Å². The molecule has 1 rings (SSSR count). The van der Waals surface area contributed by atoms with E-state index in [2.05, 4.69) is 25.9 Å². The number of anilines is 2. The van der Waals surface area contributed by atoms with E-state index in [4.69, 9.17) is 10.8 Å². The van der Waals surface area contributed by atoms with Gasteiger partial charge in [0.05, 0.1) is 6.61 Å². The van der Waals surface area contributed by atoms with E-state index in [1.54, 1.807) is 0 Å². The molecule has 0 aliphatic rings. The summed E-state index contributed by atoms with van der Waals surface area (Å²) in [6, 6.07) is 0. The number of hydrogen-bond acceptors (Lipinski definition) is 5. The summed E-state index contributed by atoms with van der Waals surface area (Å²) in [6.45, 7) is 3.37. The zero-order valence-corrected chi connectivity index (χ0v) is 9.53. The molecule has 0 radical (unpaired) electrons. The van der Waals surface area contributed by atoms with E-state index in [1.807, 2.05) is 11.8 Å². The van der Waals surface area contributed by atoms with Gasteiger partial charge in [0.2, 0.25) is 0 Å². The van der Waals surface area contributed by atoms with E-state index in [0.717, 1.165) is 6.54 Å². The standard InChI is InChI=1S/C8H13BrN4O/c1-2-13(3-4-14)8-6(9)7(10)11-5-12-8/h5,14H,2-4H2,1H3,(H2,10,11,12). The molecule has 0 saturated carbocycles. The van der Waals surface area contributed by atoms with Crippen LogP contribution in [0.15, 0.2) is 10.8 Å². The van der Waals surface area contributed by atoms with Gasteiger partial charge < -0.3 is 15.7 Å². The van der Waals surface area contributed by atoms with Crippen LogP contribution in [0, 0.1) is 0 Å². The van der Waals surface area contributed by atoms with Crippen LogP contribution in [0.1, 0.15) is 6.92 Å². The van der Waals surface area contributed by atoms with E-state index in [9.17, 15) is 0 Å². The lowest BCUT2D eigenvalue weighted by molar-refractivity contribution is 0.302. The molecule has 0 atom stereocenters. The van der Waals surface area contributed by atoms with Gasteiger partial charge in [0, 0.05) is 13.1 Å². The molecule has 0 spiro atoms. The van der Waals surface area contributed by atoms with Crippen LogP contribution in [0.4, 0.5) is 11.6 Å². The Morgan fingerprint density at radius 3 is 2.86 bits per heavy atom. The first-order valence-corrected chi connectivity index (χ1v) is 5.11. The number of nitrogen functional groups attached to an aromatic ring is 1. The van der Waals surface area contributed by atoms with E-state index in [-0.39, 0.29) is 6.61 Å². The zero-order valence-electron chi connectivity index (χ0n) is 7.94. The fraction of sp³-hybridized carbons (Fsp3) is 0.500. The van der Waals surface area contributed by atoms with Gasteiger partial charge in [-0.2, -0.15) is 0 Å². The lowest BCUT2D eigenvalue weighted by Gasteiger charge is -2.21. The summed E-state index contributed by atoms with van der Waals surface area (Å²) in [7, 11) is 0. The van der Waals surface area contributed by atoms with Gasteiger partial charge >= 0.3 is 0 Å². The summed E-state index contributed by atoms with van der Waals surface area (Å²) in [5.74, 6) is 1.13. The van der Waals surface area contributed by atoms with Crippen molar-refractivity contribution >= 4 is 27.6 Å². The maximum atomic E-state index is 8.86. The minimum atomic E-state index is 0.0875. The molecule has 0 aliphatic carbocycles. The van der Waals surface area contributed by atoms with E-state index >= 15 is 0 Å². The smallest absolute Gasteiger partial charge is 0.148 e. The van der Waals surface area contributed by atoms with Gasteiger partial charge in [-0.3, -0.25) is 0 Å². The van der Waals surface area contributed by atoms with Crippen molar-refractivity contribution in [3.8, 4) is 0 Å². The molecule has 0 aromatic carbocycles. The number of nitrogens with zero attached hydrogens (tertiary/aromatic N) is 3. The molecule has 1 heterocycles. The van der Waals surface area contributed by atoms with Gasteiger partial charge in [-0.25, -0.2) is 9.97 Å². The van der Waals surface area contributed by atoms with Crippen molar-refractivity contribution in [3.05, 3.63) is 10.8 Å². The Morgan fingerprint density at radius 2 is 2.29 bits per heavy atom. The van der Waals surface area contributed by atoms with Gasteiger partial charge in [0.25, 0.3) is 0 Å². The molecule has 0 saturated heterocycles. The van der Waals surface area contributed by atoms with Crippen molar-refractivity contribution < 1.29 is 5.11 Å². The van der Waals surface area contributed by atoms with Crippen LogP contribution in [0.25, 0.3) is 0 Å². The maximum absolute atomic E-state index is 8.86. The Morgan fingerprint density at radius 1 is 1.57 bits per heavy atom. The zero-order chi connectivity index (χ0) is 10.6. The van der Waals surface area contributed by atoms with Crippen LogP contribution in [-0.2, 0) is 0 Å². The first kappa shape index (κ1) is 11.2. The second kappa shape index (κ2) is 5.11. The van der Waals surface area contributed by atoms with Crippen molar-refractivity contribution in [2.75, 3.05) is 30.3 Å². The summed E-state index contributed by atoms with van der Waals surface area (Å²) in [5, 5.41) is 8.86. The van der Waals surface area contributed by atoms with Crippen LogP contribution < -0.4 is 10.6 Å². The Balaban J connectivity index is 2.97. The predicted molar refractivity (Wildman–Crippen MR) is 59.1 cm³/mol. The van der Waals surface area contributed by atoms with Crippen LogP contribution in [0.5, 0.6) is 0 Å². The highest BCUT2D eigenvalue weighted by Gasteiger charge is 2.11. The number of halogens is 1. The SMILES string of the molecule is CCN(CCO)c1ncnc(N)c1Br. The van der Waals surface area contributed by atoms with Gasteiger partial charge in [-0.1, -0.05) is 0 Å². The van der Waals surface area contributed by atoms with Crippen molar-refractivity contribution in [3.63, 3.8) is 0 Å². The first-order valence-electron chi connectivity index (χ1n) is 4.32. The highest BCUT2D eigenvalue weighted by atomic mass is 79.9. The molecule has 5 nitrogen and oxygen atoms in total. The second-order valence-corrected chi connectivity index (χ2v) is 3.49. The molecule has 0 aliphatic heterocycles. The third-order valence-electron chi connectivity index (χ3n) is 1.85. The van der Waals surface area contributed by atoms with Crippen LogP contribution >= 0.6 is 15.9 Å². The predicted octanol–water partition coefficient (Wildman–Crippen LogP) is 0.640. The highest BCUT2D eigenvalue weighted by molar-refractivity contribution is 9.10. The summed E-state index contributed by atoms with van der Waals surface area (Å²) >= 11 is 3.32. The van der Waals surface area contributed by atoms with Crippen LogP contribution in [-0.4, -0.2) is 34.8 Å². The third kappa shape index (κ3) is 2.33. The van der Waals surface area contributed by atoms with E-state index < -0.39 is 0 Å². The van der Waals surface area contributed by atoms with Crippen molar-refractivity contribution in [1.29, 1.82) is 0 Å². The number of aliphatic hydroxyl groups is 1. The summed E-state index contributed by atoms with van der Waals surface area (Å²) < 4.78 is 0.676. The molecule has 0 fully saturated rings. The molecule has 6 heteroatoms. The quantitative estimate of drug-likeness (QED) is 0.831. The van der Waals surface area contributed by atoms with E-state index in [0.29, 0.717) is 22.7 Å². The number of likely N-dealkylation sites (N-methyl/N-ethyl adjacent to an activating group) is 1. The molecule has 0 bridgehead atoms. The average molecular weight is 261 g/mol. The summed E-state index contributed by atoms with van der Waals surface area (Å²) in [6.07, 6.45) is 1.41. The fourth-order valence-electron chi connectivity index (χ4n) is 1.13. The minimum absolute atomic E-state index is 0.0875. The number of nitrogens with two attached hydrogens (primary N) is 1. The van der Waals surface area contributed by atoms with Gasteiger partial charge in [-0.15, -0.1) is 0 Å². The molecular formula is C8H13BrN4O. The maximum Gasteiger partial charge on any atom is 0.148 e. The lowest BCUT2D eigenvalue weighted by atomic mass is 10.4. The Hall–Kier alpha value is -0.880. The highest BCUT2D eigenvalue weighted by Crippen LogP contribution is 2.26. The number of rotatable bonds is 4. The lowest BCUT2D eigenvalue weighted by Crippen LogP contribution is -2.27. The molecule has 3 N–H and O–H groups in total. The second-order valence-electron chi connectivity index (χ2n) is 2.70. The van der Waals surface area contributed by atoms with Gasteiger partial charge in [0.15, 0.2) is 0 Å². The third-order valence-corrected chi connectivity index (χ3v) is 2.61. The normalized spacial score (nSPS) is 10.2. The van der Waals surface area contributed by atoms with E-state index in [1.165, 1.54) is 6.33 Å². The number of aromatic nitrogens is 2. The minimum Gasteiger partial charge on any atom is -0.395 e. The molecule has 0 amide bonds. The van der Waals surface area contributed by atoms with Gasteiger partial charge in [-0.05, 0) is 22.9 Å². The fourth-order valence-corrected chi connectivity index (χ4v) is 1.58. The molecule has 1 aromatic heterocycles.